The summed E-state index contributed by atoms with van der Waals surface area (Å²) >= 11 is 0. The Labute approximate surface area is 371 Å². The summed E-state index contributed by atoms with van der Waals surface area (Å²) in [5.74, 6) is -88.4. The Hall–Kier alpha value is -4.50. The van der Waals surface area contributed by atoms with Gasteiger partial charge >= 0.3 is 95.3 Å². The van der Waals surface area contributed by atoms with Gasteiger partial charge in [-0.25, -0.2) is 4.79 Å². The maximum Gasteiger partial charge on any atom is 0.460 e. The topological polar surface area (TPSA) is 155 Å². The maximum absolute atomic E-state index is 14.3. The van der Waals surface area contributed by atoms with Crippen molar-refractivity contribution in [1.29, 1.82) is 0 Å². The average Bonchev–Trinajstić information content (AvgIpc) is 3.57. The first kappa shape index (κ1) is 62.6. The molecular weight excluding hydrogens is 1090 g/mol. The van der Waals surface area contributed by atoms with Crippen LogP contribution in [0.1, 0.15) is 31.1 Å². The van der Waals surface area contributed by atoms with Gasteiger partial charge in [-0.2, -0.15) is 123 Å². The monoisotopic (exact) mass is 1120 g/mol. The molecule has 0 bridgehead atoms. The van der Waals surface area contributed by atoms with E-state index in [1.807, 2.05) is 4.98 Å². The number of carbonyl (C=O) groups excluding carboxylic acids is 2. The highest BCUT2D eigenvalue weighted by Crippen LogP contribution is 2.63. The second kappa shape index (κ2) is 19.7. The number of carbonyl (C=O) groups is 2. The van der Waals surface area contributed by atoms with Gasteiger partial charge in [0.15, 0.2) is 0 Å². The van der Waals surface area contributed by atoms with Crippen LogP contribution in [0, 0.1) is 6.92 Å². The molecule has 12 nitrogen and oxygen atoms in total. The lowest BCUT2D eigenvalue weighted by Gasteiger charge is -2.41. The van der Waals surface area contributed by atoms with Crippen molar-refractivity contribution in [1.82, 2.24) is 9.55 Å². The van der Waals surface area contributed by atoms with Gasteiger partial charge < -0.3 is 28.8 Å². The fourth-order valence-electron chi connectivity index (χ4n) is 5.10. The van der Waals surface area contributed by atoms with Crippen LogP contribution in [0.4, 0.5) is 123 Å². The van der Waals surface area contributed by atoms with Crippen LogP contribution in [-0.2, 0) is 33.3 Å². The number of nitrogens with one attached hydrogen (secondary N) is 1. The molecule has 71 heavy (non-hydrogen) atoms. The van der Waals surface area contributed by atoms with Gasteiger partial charge in [0.2, 0.25) is 0 Å². The number of hydrogen-bond acceptors (Lipinski definition) is 10. The number of H-pyrrole nitrogens is 1. The molecule has 414 valence electrons. The molecule has 2 heterocycles. The minimum Gasteiger partial charge on any atom is -0.463 e. The fourth-order valence-corrected chi connectivity index (χ4v) is 5.10. The van der Waals surface area contributed by atoms with Crippen LogP contribution in [0.2, 0.25) is 0 Å². The van der Waals surface area contributed by atoms with Crippen molar-refractivity contribution < 1.29 is 161 Å². The van der Waals surface area contributed by atoms with Crippen molar-refractivity contribution in [2.24, 2.45) is 0 Å². The van der Waals surface area contributed by atoms with E-state index in [9.17, 15) is 147 Å². The number of aromatic nitrogens is 2. The number of halogens is 28. The molecule has 1 aromatic heterocycles. The third-order valence-corrected chi connectivity index (χ3v) is 9.24. The van der Waals surface area contributed by atoms with Crippen LogP contribution in [0.3, 0.4) is 0 Å². The standard InChI is InChI=1S/C31H24F28N2O10/c1-10-5-61(18(66)60-17(10)65)14-4-12(62)13(71-14)8-68-15(63)2-3-16(64)70-11(6-67-9-19(32,33)20(34,35)21(36,37)23(40,41)26(46,47)29(52,53)54)7-69-31(58,59)28(50,51)25(44,45)22(38,39)24(42,43)27(48,49)30(55,56)57/h5,11-14,62H,2-4,6-9H2,1H3,(H,60,65,66). The number of aliphatic hydroxyl groups excluding tert-OH is 1. The molecule has 4 unspecified atom stereocenters. The van der Waals surface area contributed by atoms with Gasteiger partial charge in [-0.15, -0.1) is 0 Å². The number of rotatable bonds is 23. The quantitative estimate of drug-likeness (QED) is 0.0819. The van der Waals surface area contributed by atoms with E-state index in [2.05, 4.69) is 18.9 Å². The average molecular weight is 1120 g/mol. The number of aryl methyl sites for hydroxylation is 1. The van der Waals surface area contributed by atoms with Crippen molar-refractivity contribution in [3.63, 3.8) is 0 Å². The number of aliphatic hydroxyl groups is 1. The van der Waals surface area contributed by atoms with Crippen LogP contribution in [0.25, 0.3) is 0 Å². The van der Waals surface area contributed by atoms with Crippen molar-refractivity contribution in [3.8, 4) is 0 Å². The molecule has 1 aliphatic rings. The van der Waals surface area contributed by atoms with E-state index >= 15 is 0 Å². The zero-order valence-corrected chi connectivity index (χ0v) is 33.5. The predicted octanol–water partition coefficient (Wildman–Crippen LogP) is 7.83. The van der Waals surface area contributed by atoms with Gasteiger partial charge in [0.05, 0.1) is 32.2 Å². The Morgan fingerprint density at radius 3 is 1.54 bits per heavy atom. The molecule has 1 aliphatic heterocycles. The molecule has 2 N–H and O–H groups in total. The highest BCUT2D eigenvalue weighted by molar-refractivity contribution is 5.77. The number of nitrogens with zero attached hydrogens (tertiary/aromatic N) is 1. The molecule has 0 amide bonds. The van der Waals surface area contributed by atoms with E-state index in [1.165, 1.54) is 6.92 Å². The Kier molecular flexibility index (Phi) is 17.4. The lowest BCUT2D eigenvalue weighted by molar-refractivity contribution is -0.473. The first-order chi connectivity index (χ1) is 31.3. The van der Waals surface area contributed by atoms with E-state index < -0.39 is 171 Å². The summed E-state index contributed by atoms with van der Waals surface area (Å²) in [4.78, 5) is 50.0. The third kappa shape index (κ3) is 11.2. The van der Waals surface area contributed by atoms with Crippen molar-refractivity contribution in [3.05, 3.63) is 32.6 Å². The second-order valence-corrected chi connectivity index (χ2v) is 14.4. The third-order valence-electron chi connectivity index (χ3n) is 9.24. The Bertz CT molecular complexity index is 2170. The molecule has 2 rings (SSSR count). The largest absolute Gasteiger partial charge is 0.463 e. The molecule has 1 aromatic rings. The van der Waals surface area contributed by atoms with E-state index in [4.69, 9.17) is 4.74 Å². The van der Waals surface area contributed by atoms with Crippen LogP contribution in [0.15, 0.2) is 15.8 Å². The SMILES string of the molecule is Cc1cn(C2CC(O)C(COC(=O)CCC(=O)OC(COCC(F)(F)C(F)(F)C(F)(F)C(F)(F)C(F)(F)C(F)(F)F)COC(F)(F)C(F)(F)C(F)(F)C(F)(F)C(F)(F)C(F)(F)C(F)(F)F)O2)c(=O)[nH]c1=O. The zero-order valence-electron chi connectivity index (χ0n) is 33.5. The molecule has 0 aromatic carbocycles. The molecule has 0 radical (unpaired) electrons. The highest BCUT2D eigenvalue weighted by atomic mass is 19.4. The summed E-state index contributed by atoms with van der Waals surface area (Å²) in [5, 5.41) is 10.2. The smallest absolute Gasteiger partial charge is 0.460 e. The Morgan fingerprint density at radius 2 is 1.07 bits per heavy atom. The van der Waals surface area contributed by atoms with Crippen LogP contribution >= 0.6 is 0 Å². The number of aromatic amines is 1. The number of hydrogen-bond donors (Lipinski definition) is 2. The summed E-state index contributed by atoms with van der Waals surface area (Å²) in [5.41, 5.74) is -1.99. The minimum atomic E-state index is -8.94. The van der Waals surface area contributed by atoms with E-state index in [-0.39, 0.29) is 5.56 Å². The van der Waals surface area contributed by atoms with Gasteiger partial charge in [0.25, 0.3) is 5.56 Å². The minimum absolute atomic E-state index is 0.0625. The van der Waals surface area contributed by atoms with Crippen LogP contribution in [-0.4, -0.2) is 149 Å². The maximum atomic E-state index is 14.3. The van der Waals surface area contributed by atoms with Crippen LogP contribution < -0.4 is 11.2 Å². The summed E-state index contributed by atoms with van der Waals surface area (Å²) < 4.78 is 399. The first-order valence-electron chi connectivity index (χ1n) is 17.8. The van der Waals surface area contributed by atoms with Gasteiger partial charge in [0, 0.05) is 18.2 Å². The summed E-state index contributed by atoms with van der Waals surface area (Å²) in [6.07, 6.45) is -34.5. The highest BCUT2D eigenvalue weighted by Gasteiger charge is 2.94. The first-order valence-corrected chi connectivity index (χ1v) is 17.8. The van der Waals surface area contributed by atoms with Crippen molar-refractivity contribution in [2.45, 2.75) is 128 Å². The van der Waals surface area contributed by atoms with Gasteiger partial charge in [0.1, 0.15) is 31.6 Å². The van der Waals surface area contributed by atoms with E-state index in [1.54, 1.807) is 0 Å². The van der Waals surface area contributed by atoms with Gasteiger partial charge in [-0.1, -0.05) is 0 Å². The summed E-state index contributed by atoms with van der Waals surface area (Å²) in [7, 11) is 0. The number of esters is 2. The molecular formula is C31H24F28N2O10. The normalized spacial score (nSPS) is 19.5. The molecule has 1 fully saturated rings. The number of ether oxygens (including phenoxy) is 5. The van der Waals surface area contributed by atoms with Crippen molar-refractivity contribution in [2.75, 3.05) is 26.4 Å². The lowest BCUT2D eigenvalue weighted by atomic mass is 9.93. The van der Waals surface area contributed by atoms with Crippen LogP contribution in [0.5, 0.6) is 0 Å². The van der Waals surface area contributed by atoms with Gasteiger partial charge in [-0.3, -0.25) is 23.9 Å². The van der Waals surface area contributed by atoms with Gasteiger partial charge in [-0.05, 0) is 6.92 Å². The van der Waals surface area contributed by atoms with E-state index in [0.29, 0.717) is 0 Å². The molecule has 40 heteroatoms. The summed E-state index contributed by atoms with van der Waals surface area (Å²) in [6.45, 7) is -9.56. The van der Waals surface area contributed by atoms with E-state index in [0.717, 1.165) is 10.8 Å². The van der Waals surface area contributed by atoms with Crippen molar-refractivity contribution >= 4 is 11.9 Å². The predicted molar refractivity (Wildman–Crippen MR) is 164 cm³/mol. The number of alkyl halides is 28. The second-order valence-electron chi connectivity index (χ2n) is 14.4. The molecule has 0 saturated carbocycles. The molecule has 0 aliphatic carbocycles. The Balaban J connectivity index is 2.39. The molecule has 4 atom stereocenters. The fraction of sp³-hybridized carbons (Fsp3) is 0.806. The molecule has 1 saturated heterocycles. The molecule has 0 spiro atoms. The summed E-state index contributed by atoms with van der Waals surface area (Å²) in [6, 6.07) is 0. The zero-order chi connectivity index (χ0) is 56.2. The Morgan fingerprint density at radius 1 is 0.648 bits per heavy atom. The lowest BCUT2D eigenvalue weighted by Crippen LogP contribution is -2.72.